The zero-order valence-electron chi connectivity index (χ0n) is 11.5. The predicted molar refractivity (Wildman–Crippen MR) is 81.5 cm³/mol. The number of aromatic nitrogens is 2. The van der Waals surface area contributed by atoms with Crippen LogP contribution in [0.15, 0.2) is 41.1 Å². The van der Waals surface area contributed by atoms with E-state index >= 15 is 0 Å². The van der Waals surface area contributed by atoms with Crippen LogP contribution in [0.1, 0.15) is 16.2 Å². The van der Waals surface area contributed by atoms with Crippen molar-refractivity contribution in [2.75, 3.05) is 13.6 Å². The van der Waals surface area contributed by atoms with Crippen LogP contribution in [0.25, 0.3) is 0 Å². The number of hydrogen-bond donors (Lipinski definition) is 2. The normalized spacial score (nSPS) is 10.2. The standard InChI is InChI=1S/C14H15BrN4O2/c1-19(9-12-16-5-6-17-12)13(20)8-18-14(21)10-3-2-4-11(15)7-10/h2-7H,8-9H2,1H3,(H,16,17)(H,18,21). The average Bonchev–Trinajstić information content (AvgIpc) is 2.97. The Bertz CT molecular complexity index is 628. The zero-order chi connectivity index (χ0) is 15.2. The van der Waals surface area contributed by atoms with E-state index in [4.69, 9.17) is 0 Å². The molecule has 0 radical (unpaired) electrons. The molecule has 0 fully saturated rings. The van der Waals surface area contributed by atoms with Gasteiger partial charge in [-0.15, -0.1) is 0 Å². The molecular formula is C14H15BrN4O2. The third kappa shape index (κ3) is 4.42. The molecule has 0 unspecified atom stereocenters. The maximum absolute atomic E-state index is 11.9. The van der Waals surface area contributed by atoms with Gasteiger partial charge in [0.1, 0.15) is 5.82 Å². The molecule has 2 amide bonds. The van der Waals surface area contributed by atoms with Gasteiger partial charge >= 0.3 is 0 Å². The number of carbonyl (C=O) groups excluding carboxylic acids is 2. The first-order chi connectivity index (χ1) is 10.1. The number of carbonyl (C=O) groups is 2. The SMILES string of the molecule is CN(Cc1ncc[nH]1)C(=O)CNC(=O)c1cccc(Br)c1. The topological polar surface area (TPSA) is 78.1 Å². The van der Waals surface area contributed by atoms with Crippen LogP contribution in [-0.4, -0.2) is 40.3 Å². The van der Waals surface area contributed by atoms with E-state index in [1.165, 1.54) is 4.90 Å². The number of amides is 2. The van der Waals surface area contributed by atoms with Gasteiger partial charge in [-0.2, -0.15) is 0 Å². The number of likely N-dealkylation sites (N-methyl/N-ethyl adjacent to an activating group) is 1. The van der Waals surface area contributed by atoms with Crippen LogP contribution in [-0.2, 0) is 11.3 Å². The van der Waals surface area contributed by atoms with Crippen LogP contribution in [0.5, 0.6) is 0 Å². The van der Waals surface area contributed by atoms with Crippen molar-refractivity contribution in [3.8, 4) is 0 Å². The zero-order valence-corrected chi connectivity index (χ0v) is 13.1. The Morgan fingerprint density at radius 3 is 2.90 bits per heavy atom. The summed E-state index contributed by atoms with van der Waals surface area (Å²) in [4.78, 5) is 32.3. The maximum atomic E-state index is 11.9. The highest BCUT2D eigenvalue weighted by atomic mass is 79.9. The predicted octanol–water partition coefficient (Wildman–Crippen LogP) is 1.56. The van der Waals surface area contributed by atoms with Gasteiger partial charge < -0.3 is 15.2 Å². The van der Waals surface area contributed by atoms with Gasteiger partial charge in [-0.25, -0.2) is 4.98 Å². The molecule has 0 atom stereocenters. The summed E-state index contributed by atoms with van der Waals surface area (Å²) in [5.41, 5.74) is 0.505. The highest BCUT2D eigenvalue weighted by molar-refractivity contribution is 9.10. The van der Waals surface area contributed by atoms with Crippen LogP contribution in [0.3, 0.4) is 0 Å². The number of benzene rings is 1. The van der Waals surface area contributed by atoms with Crippen molar-refractivity contribution in [1.29, 1.82) is 0 Å². The highest BCUT2D eigenvalue weighted by Crippen LogP contribution is 2.11. The lowest BCUT2D eigenvalue weighted by Gasteiger charge is -2.16. The van der Waals surface area contributed by atoms with E-state index in [1.54, 1.807) is 37.6 Å². The van der Waals surface area contributed by atoms with Gasteiger partial charge in [0, 0.05) is 29.5 Å². The number of rotatable bonds is 5. The third-order valence-corrected chi connectivity index (χ3v) is 3.35. The smallest absolute Gasteiger partial charge is 0.251 e. The molecule has 0 saturated heterocycles. The molecule has 2 aromatic rings. The molecule has 110 valence electrons. The van der Waals surface area contributed by atoms with Gasteiger partial charge in [0.15, 0.2) is 0 Å². The van der Waals surface area contributed by atoms with Crippen molar-refractivity contribution in [3.05, 3.63) is 52.5 Å². The Hall–Kier alpha value is -2.15. The molecule has 0 bridgehead atoms. The van der Waals surface area contributed by atoms with Gasteiger partial charge in [0.2, 0.25) is 5.91 Å². The van der Waals surface area contributed by atoms with Crippen LogP contribution in [0, 0.1) is 0 Å². The summed E-state index contributed by atoms with van der Waals surface area (Å²) in [5.74, 6) is 0.231. The molecule has 7 heteroatoms. The van der Waals surface area contributed by atoms with Gasteiger partial charge in [-0.05, 0) is 18.2 Å². The number of imidazole rings is 1. The molecule has 1 heterocycles. The Balaban J connectivity index is 1.84. The minimum atomic E-state index is -0.281. The molecule has 0 saturated carbocycles. The number of halogens is 1. The molecule has 1 aromatic heterocycles. The molecule has 21 heavy (non-hydrogen) atoms. The molecule has 2 N–H and O–H groups in total. The van der Waals surface area contributed by atoms with E-state index in [-0.39, 0.29) is 18.4 Å². The first-order valence-electron chi connectivity index (χ1n) is 6.32. The van der Waals surface area contributed by atoms with Crippen molar-refractivity contribution in [2.24, 2.45) is 0 Å². The van der Waals surface area contributed by atoms with Crippen molar-refractivity contribution in [2.45, 2.75) is 6.54 Å². The van der Waals surface area contributed by atoms with Crippen LogP contribution < -0.4 is 5.32 Å². The lowest BCUT2D eigenvalue weighted by Crippen LogP contribution is -2.38. The minimum absolute atomic E-state index is 0.0530. The van der Waals surface area contributed by atoms with Gasteiger partial charge in [0.25, 0.3) is 5.91 Å². The monoisotopic (exact) mass is 350 g/mol. The minimum Gasteiger partial charge on any atom is -0.347 e. The summed E-state index contributed by atoms with van der Waals surface area (Å²) in [6, 6.07) is 6.99. The average molecular weight is 351 g/mol. The molecule has 0 spiro atoms. The Morgan fingerprint density at radius 1 is 1.43 bits per heavy atom. The lowest BCUT2D eigenvalue weighted by atomic mass is 10.2. The fourth-order valence-corrected chi connectivity index (χ4v) is 2.12. The Labute approximate surface area is 130 Å². The highest BCUT2D eigenvalue weighted by Gasteiger charge is 2.12. The molecule has 0 aliphatic heterocycles. The van der Waals surface area contributed by atoms with Crippen molar-refractivity contribution in [1.82, 2.24) is 20.2 Å². The first kappa shape index (κ1) is 15.2. The summed E-state index contributed by atoms with van der Waals surface area (Å²) in [7, 11) is 1.66. The number of nitrogens with one attached hydrogen (secondary N) is 2. The summed E-state index contributed by atoms with van der Waals surface area (Å²) >= 11 is 3.30. The van der Waals surface area contributed by atoms with Crippen LogP contribution in [0.2, 0.25) is 0 Å². The summed E-state index contributed by atoms with van der Waals surface area (Å²) in [5, 5.41) is 2.60. The number of hydrogen-bond acceptors (Lipinski definition) is 3. The maximum Gasteiger partial charge on any atom is 0.251 e. The van der Waals surface area contributed by atoms with Crippen molar-refractivity contribution >= 4 is 27.7 Å². The Morgan fingerprint density at radius 2 is 2.24 bits per heavy atom. The van der Waals surface area contributed by atoms with Crippen molar-refractivity contribution in [3.63, 3.8) is 0 Å². The fourth-order valence-electron chi connectivity index (χ4n) is 1.72. The van der Waals surface area contributed by atoms with Gasteiger partial charge in [0.05, 0.1) is 13.1 Å². The van der Waals surface area contributed by atoms with E-state index in [0.717, 1.165) is 4.47 Å². The largest absolute Gasteiger partial charge is 0.347 e. The third-order valence-electron chi connectivity index (χ3n) is 2.85. The molecular weight excluding hydrogens is 336 g/mol. The second-order valence-corrected chi connectivity index (χ2v) is 5.39. The molecule has 0 aliphatic rings. The van der Waals surface area contributed by atoms with Crippen molar-refractivity contribution < 1.29 is 9.59 Å². The molecule has 6 nitrogen and oxygen atoms in total. The number of aromatic amines is 1. The molecule has 1 aromatic carbocycles. The second-order valence-electron chi connectivity index (χ2n) is 4.48. The molecule has 0 aliphatic carbocycles. The number of nitrogens with zero attached hydrogens (tertiary/aromatic N) is 2. The van der Waals surface area contributed by atoms with Crippen LogP contribution in [0.4, 0.5) is 0 Å². The first-order valence-corrected chi connectivity index (χ1v) is 7.11. The summed E-state index contributed by atoms with van der Waals surface area (Å²) < 4.78 is 0.816. The molecule has 2 rings (SSSR count). The van der Waals surface area contributed by atoms with E-state index in [1.807, 2.05) is 6.07 Å². The summed E-state index contributed by atoms with van der Waals surface area (Å²) in [6.45, 7) is 0.321. The van der Waals surface area contributed by atoms with Gasteiger partial charge in [-0.3, -0.25) is 9.59 Å². The number of H-pyrrole nitrogens is 1. The van der Waals surface area contributed by atoms with E-state index in [9.17, 15) is 9.59 Å². The van der Waals surface area contributed by atoms with Crippen LogP contribution >= 0.6 is 15.9 Å². The fraction of sp³-hybridized carbons (Fsp3) is 0.214. The summed E-state index contributed by atoms with van der Waals surface area (Å²) in [6.07, 6.45) is 3.32. The van der Waals surface area contributed by atoms with E-state index in [2.05, 4.69) is 31.2 Å². The van der Waals surface area contributed by atoms with E-state index < -0.39 is 0 Å². The lowest BCUT2D eigenvalue weighted by molar-refractivity contribution is -0.129. The van der Waals surface area contributed by atoms with E-state index in [0.29, 0.717) is 17.9 Å². The second kappa shape index (κ2) is 7.03. The quantitative estimate of drug-likeness (QED) is 0.858. The Kier molecular flexibility index (Phi) is 5.10. The van der Waals surface area contributed by atoms with Gasteiger partial charge in [-0.1, -0.05) is 22.0 Å².